The summed E-state index contributed by atoms with van der Waals surface area (Å²) in [5.74, 6) is -0.0945. The molecule has 2 aromatic rings. The van der Waals surface area contributed by atoms with Crippen LogP contribution in [0.15, 0.2) is 6.07 Å². The van der Waals surface area contributed by atoms with Gasteiger partial charge in [0.05, 0.1) is 5.69 Å². The van der Waals surface area contributed by atoms with E-state index in [4.69, 9.17) is 10.7 Å². The zero-order chi connectivity index (χ0) is 15.7. The summed E-state index contributed by atoms with van der Waals surface area (Å²) < 4.78 is 0. The Morgan fingerprint density at radius 2 is 2.00 bits per heavy atom. The van der Waals surface area contributed by atoms with Gasteiger partial charge in [0.25, 0.3) is 5.91 Å². The molecule has 3 N–H and O–H groups in total. The first-order valence-corrected chi connectivity index (χ1v) is 8.89. The summed E-state index contributed by atoms with van der Waals surface area (Å²) in [4.78, 5) is 18.6. The molecule has 0 radical (unpaired) electrons. The maximum absolute atomic E-state index is 12.3. The number of amides is 1. The second kappa shape index (κ2) is 6.24. The van der Waals surface area contributed by atoms with E-state index in [1.54, 1.807) is 0 Å². The molecule has 0 unspecified atom stereocenters. The van der Waals surface area contributed by atoms with E-state index in [0.29, 0.717) is 10.6 Å². The quantitative estimate of drug-likeness (QED) is 0.888. The average Bonchev–Trinajstić information content (AvgIpc) is 2.75. The molecular weight excluding hydrogens is 294 g/mol. The van der Waals surface area contributed by atoms with Gasteiger partial charge in [-0.2, -0.15) is 0 Å². The van der Waals surface area contributed by atoms with Gasteiger partial charge in [-0.25, -0.2) is 4.98 Å². The molecule has 0 aliphatic heterocycles. The topological polar surface area (TPSA) is 68.0 Å². The molecule has 0 saturated heterocycles. The Labute approximate surface area is 135 Å². The Balaban J connectivity index is 2.04. The largest absolute Gasteiger partial charge is 0.397 e. The molecule has 22 heavy (non-hydrogen) atoms. The zero-order valence-corrected chi connectivity index (χ0v) is 14.1. The first-order chi connectivity index (χ1) is 10.6. The molecule has 0 atom stereocenters. The molecule has 4 nitrogen and oxygen atoms in total. The van der Waals surface area contributed by atoms with Crippen LogP contribution >= 0.6 is 11.3 Å². The number of pyridine rings is 1. The van der Waals surface area contributed by atoms with Gasteiger partial charge in [-0.05, 0) is 51.2 Å². The Bertz CT molecular complexity index is 705. The Kier molecular flexibility index (Phi) is 4.34. The van der Waals surface area contributed by atoms with Crippen molar-refractivity contribution in [1.82, 2.24) is 10.3 Å². The standard InChI is InChI=1S/C17H23N3OS/c1-10(2)19-16(21)15-14(18)12-9-11-7-5-3-4-6-8-13(11)20-17(12)22-15/h9-10H,3-8,18H2,1-2H3,(H,19,21). The summed E-state index contributed by atoms with van der Waals surface area (Å²) in [6.07, 6.45) is 7.10. The van der Waals surface area contributed by atoms with E-state index in [2.05, 4.69) is 11.4 Å². The van der Waals surface area contributed by atoms with Crippen LogP contribution < -0.4 is 11.1 Å². The molecule has 0 saturated carbocycles. The molecule has 1 aliphatic carbocycles. The minimum absolute atomic E-state index is 0.0945. The van der Waals surface area contributed by atoms with E-state index >= 15 is 0 Å². The van der Waals surface area contributed by atoms with E-state index < -0.39 is 0 Å². The summed E-state index contributed by atoms with van der Waals surface area (Å²) >= 11 is 1.41. The van der Waals surface area contributed by atoms with Crippen molar-refractivity contribution in [2.75, 3.05) is 5.73 Å². The van der Waals surface area contributed by atoms with Crippen molar-refractivity contribution in [3.63, 3.8) is 0 Å². The number of rotatable bonds is 2. The number of anilines is 1. The van der Waals surface area contributed by atoms with Gasteiger partial charge in [-0.1, -0.05) is 12.8 Å². The van der Waals surface area contributed by atoms with Crippen molar-refractivity contribution in [2.45, 2.75) is 58.4 Å². The van der Waals surface area contributed by atoms with Crippen LogP contribution in [0.2, 0.25) is 0 Å². The number of hydrogen-bond acceptors (Lipinski definition) is 4. The van der Waals surface area contributed by atoms with Gasteiger partial charge in [0.2, 0.25) is 0 Å². The van der Waals surface area contributed by atoms with Gasteiger partial charge in [0.15, 0.2) is 0 Å². The van der Waals surface area contributed by atoms with E-state index in [9.17, 15) is 4.79 Å². The van der Waals surface area contributed by atoms with Crippen LogP contribution in [0.3, 0.4) is 0 Å². The normalized spacial score (nSPS) is 15.4. The fourth-order valence-electron chi connectivity index (χ4n) is 3.01. The lowest BCUT2D eigenvalue weighted by Crippen LogP contribution is -2.29. The number of carbonyl (C=O) groups is 1. The summed E-state index contributed by atoms with van der Waals surface area (Å²) in [5, 5.41) is 3.86. The van der Waals surface area contributed by atoms with Crippen LogP contribution in [-0.4, -0.2) is 16.9 Å². The molecule has 0 aromatic carbocycles. The summed E-state index contributed by atoms with van der Waals surface area (Å²) in [7, 11) is 0. The number of nitrogens with two attached hydrogens (primary N) is 1. The molecule has 2 heterocycles. The van der Waals surface area contributed by atoms with Gasteiger partial charge < -0.3 is 11.1 Å². The molecule has 1 aliphatic rings. The van der Waals surface area contributed by atoms with Crippen molar-refractivity contribution in [3.05, 3.63) is 22.2 Å². The fraction of sp³-hybridized carbons (Fsp3) is 0.529. The minimum atomic E-state index is -0.0945. The Hall–Kier alpha value is -1.62. The van der Waals surface area contributed by atoms with Gasteiger partial charge in [-0.15, -0.1) is 11.3 Å². The first kappa shape index (κ1) is 15.3. The molecule has 0 bridgehead atoms. The molecular formula is C17H23N3OS. The molecule has 3 rings (SSSR count). The monoisotopic (exact) mass is 317 g/mol. The SMILES string of the molecule is CC(C)NC(=O)c1sc2nc3c(cc2c1N)CCCCCC3. The number of hydrogen-bond donors (Lipinski definition) is 2. The minimum Gasteiger partial charge on any atom is -0.397 e. The lowest BCUT2D eigenvalue weighted by Gasteiger charge is -2.12. The smallest absolute Gasteiger partial charge is 0.263 e. The third kappa shape index (κ3) is 2.95. The van der Waals surface area contributed by atoms with Crippen molar-refractivity contribution >= 4 is 33.1 Å². The van der Waals surface area contributed by atoms with Crippen molar-refractivity contribution < 1.29 is 4.79 Å². The number of fused-ring (bicyclic) bond motifs is 2. The lowest BCUT2D eigenvalue weighted by molar-refractivity contribution is 0.0948. The van der Waals surface area contributed by atoms with Crippen molar-refractivity contribution in [3.8, 4) is 0 Å². The number of aromatic nitrogens is 1. The average molecular weight is 317 g/mol. The zero-order valence-electron chi connectivity index (χ0n) is 13.2. The van der Waals surface area contributed by atoms with Crippen LogP contribution in [0, 0.1) is 0 Å². The van der Waals surface area contributed by atoms with Crippen LogP contribution in [0.4, 0.5) is 5.69 Å². The Morgan fingerprint density at radius 3 is 2.73 bits per heavy atom. The number of nitrogens with zero attached hydrogens (tertiary/aromatic N) is 1. The van der Waals surface area contributed by atoms with Crippen LogP contribution in [-0.2, 0) is 12.8 Å². The molecule has 118 valence electrons. The van der Waals surface area contributed by atoms with E-state index in [1.165, 1.54) is 48.3 Å². The summed E-state index contributed by atoms with van der Waals surface area (Å²) in [5.41, 5.74) is 9.32. The highest BCUT2D eigenvalue weighted by Crippen LogP contribution is 2.35. The third-order valence-electron chi connectivity index (χ3n) is 4.13. The van der Waals surface area contributed by atoms with Gasteiger partial charge in [-0.3, -0.25) is 4.79 Å². The van der Waals surface area contributed by atoms with Crippen molar-refractivity contribution in [1.29, 1.82) is 0 Å². The van der Waals surface area contributed by atoms with E-state index in [1.807, 2.05) is 13.8 Å². The second-order valence-corrected chi connectivity index (χ2v) is 7.33. The first-order valence-electron chi connectivity index (χ1n) is 8.08. The number of carbonyl (C=O) groups excluding carboxylic acids is 1. The molecule has 5 heteroatoms. The summed E-state index contributed by atoms with van der Waals surface area (Å²) in [6, 6.07) is 2.27. The maximum atomic E-state index is 12.3. The molecule has 1 amide bonds. The lowest BCUT2D eigenvalue weighted by atomic mass is 9.96. The molecule has 0 spiro atoms. The van der Waals surface area contributed by atoms with E-state index in [0.717, 1.165) is 23.1 Å². The number of aryl methyl sites for hydroxylation is 2. The van der Waals surface area contributed by atoms with Gasteiger partial charge in [0.1, 0.15) is 9.71 Å². The van der Waals surface area contributed by atoms with Crippen molar-refractivity contribution in [2.24, 2.45) is 0 Å². The van der Waals surface area contributed by atoms with Crippen LogP contribution in [0.5, 0.6) is 0 Å². The van der Waals surface area contributed by atoms with E-state index in [-0.39, 0.29) is 11.9 Å². The summed E-state index contributed by atoms with van der Waals surface area (Å²) in [6.45, 7) is 3.90. The van der Waals surface area contributed by atoms with Crippen LogP contribution in [0.25, 0.3) is 10.2 Å². The number of nitrogens with one attached hydrogen (secondary N) is 1. The van der Waals surface area contributed by atoms with Gasteiger partial charge in [0, 0.05) is 17.1 Å². The number of nitrogen functional groups attached to an aromatic ring is 1. The van der Waals surface area contributed by atoms with Gasteiger partial charge >= 0.3 is 0 Å². The number of thiophene rings is 1. The predicted molar refractivity (Wildman–Crippen MR) is 92.5 cm³/mol. The second-order valence-electron chi connectivity index (χ2n) is 6.33. The highest BCUT2D eigenvalue weighted by atomic mass is 32.1. The molecule has 0 fully saturated rings. The third-order valence-corrected chi connectivity index (χ3v) is 5.24. The fourth-order valence-corrected chi connectivity index (χ4v) is 4.01. The molecule has 2 aromatic heterocycles. The highest BCUT2D eigenvalue weighted by molar-refractivity contribution is 7.21. The van der Waals surface area contributed by atoms with Crippen LogP contribution in [0.1, 0.15) is 60.5 Å². The Morgan fingerprint density at radius 1 is 1.27 bits per heavy atom. The predicted octanol–water partition coefficient (Wildman–Crippen LogP) is 3.68. The maximum Gasteiger partial charge on any atom is 0.263 e. The highest BCUT2D eigenvalue weighted by Gasteiger charge is 2.20.